The number of aryl methyl sites for hydroxylation is 4. The Morgan fingerprint density at radius 2 is 2.17 bits per heavy atom. The highest BCUT2D eigenvalue weighted by Crippen LogP contribution is 2.25. The Kier molecular flexibility index (Phi) is 4.48. The molecule has 8 heteroatoms. The Morgan fingerprint density at radius 3 is 2.88 bits per heavy atom. The fourth-order valence-corrected chi connectivity index (χ4v) is 3.47. The van der Waals surface area contributed by atoms with Gasteiger partial charge in [0.05, 0.1) is 17.6 Å². The predicted molar refractivity (Wildman–Crippen MR) is 91.1 cm³/mol. The van der Waals surface area contributed by atoms with Gasteiger partial charge in [-0.1, -0.05) is 5.16 Å². The number of carbonyl (C=O) groups excluding carboxylic acids is 1. The highest BCUT2D eigenvalue weighted by molar-refractivity contribution is 7.18. The van der Waals surface area contributed by atoms with Crippen LogP contribution in [0.15, 0.2) is 15.4 Å². The van der Waals surface area contributed by atoms with Crippen LogP contribution < -0.4 is 10.9 Å². The summed E-state index contributed by atoms with van der Waals surface area (Å²) < 4.78 is 5.03. The number of aromatic amines is 1. The number of carbonyl (C=O) groups is 1. The maximum atomic E-state index is 12.2. The van der Waals surface area contributed by atoms with Gasteiger partial charge in [0.25, 0.3) is 5.56 Å². The van der Waals surface area contributed by atoms with Gasteiger partial charge in [-0.15, -0.1) is 11.3 Å². The lowest BCUT2D eigenvalue weighted by Gasteiger charge is -2.03. The largest absolute Gasteiger partial charge is 0.359 e. The molecule has 0 fully saturated rings. The molecule has 0 spiro atoms. The first-order valence-corrected chi connectivity index (χ1v) is 8.43. The van der Waals surface area contributed by atoms with E-state index in [-0.39, 0.29) is 17.9 Å². The zero-order valence-corrected chi connectivity index (χ0v) is 14.5. The number of nitrogens with zero attached hydrogens (tertiary/aromatic N) is 2. The van der Waals surface area contributed by atoms with E-state index in [1.165, 1.54) is 11.3 Å². The van der Waals surface area contributed by atoms with Gasteiger partial charge in [-0.25, -0.2) is 4.98 Å². The highest BCUT2D eigenvalue weighted by atomic mass is 32.1. The van der Waals surface area contributed by atoms with Gasteiger partial charge in [0.15, 0.2) is 5.76 Å². The van der Waals surface area contributed by atoms with Gasteiger partial charge in [-0.3, -0.25) is 9.59 Å². The summed E-state index contributed by atoms with van der Waals surface area (Å²) in [6.45, 7) is 6.01. The molecular formula is C16H18N4O3S. The van der Waals surface area contributed by atoms with Crippen LogP contribution in [0, 0.1) is 20.8 Å². The molecule has 0 aliphatic carbocycles. The quantitative estimate of drug-likeness (QED) is 0.737. The van der Waals surface area contributed by atoms with Gasteiger partial charge >= 0.3 is 0 Å². The van der Waals surface area contributed by atoms with Crippen LogP contribution in [-0.4, -0.2) is 21.0 Å². The molecule has 3 rings (SSSR count). The maximum absolute atomic E-state index is 12.2. The van der Waals surface area contributed by atoms with Crippen molar-refractivity contribution >= 4 is 27.5 Å². The van der Waals surface area contributed by atoms with Crippen molar-refractivity contribution in [1.29, 1.82) is 0 Å². The van der Waals surface area contributed by atoms with Crippen molar-refractivity contribution in [3.63, 3.8) is 0 Å². The van der Waals surface area contributed by atoms with E-state index in [4.69, 9.17) is 4.52 Å². The van der Waals surface area contributed by atoms with Crippen molar-refractivity contribution in [3.05, 3.63) is 44.1 Å². The molecule has 0 unspecified atom stereocenters. The Morgan fingerprint density at radius 1 is 1.38 bits per heavy atom. The maximum Gasteiger partial charge on any atom is 0.259 e. The van der Waals surface area contributed by atoms with E-state index in [2.05, 4.69) is 20.4 Å². The molecule has 3 heterocycles. The second kappa shape index (κ2) is 6.56. The zero-order valence-electron chi connectivity index (χ0n) is 13.7. The Bertz CT molecular complexity index is 954. The third-order valence-electron chi connectivity index (χ3n) is 3.81. The van der Waals surface area contributed by atoms with Gasteiger partial charge in [-0.2, -0.15) is 0 Å². The van der Waals surface area contributed by atoms with Crippen molar-refractivity contribution in [2.75, 3.05) is 0 Å². The average Bonchev–Trinajstić information content (AvgIpc) is 3.07. The van der Waals surface area contributed by atoms with Crippen molar-refractivity contribution < 1.29 is 9.32 Å². The van der Waals surface area contributed by atoms with Crippen LogP contribution in [0.1, 0.15) is 34.1 Å². The second-order valence-electron chi connectivity index (χ2n) is 5.69. The Hall–Kier alpha value is -2.48. The number of H-pyrrole nitrogens is 1. The lowest BCUT2D eigenvalue weighted by Crippen LogP contribution is -2.23. The molecule has 0 saturated heterocycles. The number of hydrogen-bond acceptors (Lipinski definition) is 6. The lowest BCUT2D eigenvalue weighted by molar-refractivity contribution is -0.121. The van der Waals surface area contributed by atoms with E-state index in [1.54, 1.807) is 6.07 Å². The number of fused-ring (bicyclic) bond motifs is 1. The molecule has 0 radical (unpaired) electrons. The summed E-state index contributed by atoms with van der Waals surface area (Å²) in [4.78, 5) is 33.1. The molecular weight excluding hydrogens is 328 g/mol. The fraction of sp³-hybridized carbons (Fsp3) is 0.375. The molecule has 0 aromatic carbocycles. The van der Waals surface area contributed by atoms with Crippen LogP contribution in [0.3, 0.4) is 0 Å². The normalized spacial score (nSPS) is 11.1. The van der Waals surface area contributed by atoms with Gasteiger partial charge in [0, 0.05) is 23.8 Å². The molecule has 0 atom stereocenters. The number of hydrogen-bond donors (Lipinski definition) is 2. The van der Waals surface area contributed by atoms with Gasteiger partial charge in [0.2, 0.25) is 5.91 Å². The van der Waals surface area contributed by atoms with E-state index < -0.39 is 0 Å². The van der Waals surface area contributed by atoms with Crippen molar-refractivity contribution in [2.24, 2.45) is 0 Å². The summed E-state index contributed by atoms with van der Waals surface area (Å²) in [6.07, 6.45) is 0.618. The van der Waals surface area contributed by atoms with Crippen LogP contribution >= 0.6 is 11.3 Å². The molecule has 7 nitrogen and oxygen atoms in total. The molecule has 2 N–H and O–H groups in total. The first-order valence-electron chi connectivity index (χ1n) is 7.62. The third kappa shape index (κ3) is 3.38. The van der Waals surface area contributed by atoms with E-state index in [0.717, 1.165) is 21.0 Å². The number of nitrogens with one attached hydrogen (secondary N) is 2. The molecule has 0 aliphatic rings. The van der Waals surface area contributed by atoms with E-state index in [0.29, 0.717) is 29.9 Å². The average molecular weight is 346 g/mol. The lowest BCUT2D eigenvalue weighted by atomic mass is 10.2. The van der Waals surface area contributed by atoms with Crippen LogP contribution in [0.4, 0.5) is 0 Å². The smallest absolute Gasteiger partial charge is 0.259 e. The Labute approximate surface area is 142 Å². The summed E-state index contributed by atoms with van der Waals surface area (Å²) in [5, 5.41) is 7.16. The first kappa shape index (κ1) is 16.4. The predicted octanol–water partition coefficient (Wildman–Crippen LogP) is 2.15. The molecule has 126 valence electrons. The molecule has 1 amide bonds. The van der Waals surface area contributed by atoms with Crippen LogP contribution in [0.5, 0.6) is 0 Å². The molecule has 0 bridgehead atoms. The fourth-order valence-electron chi connectivity index (χ4n) is 2.42. The summed E-state index contributed by atoms with van der Waals surface area (Å²) in [5.74, 6) is 1.00. The highest BCUT2D eigenvalue weighted by Gasteiger charge is 2.12. The first-order chi connectivity index (χ1) is 11.4. The minimum absolute atomic E-state index is 0.134. The molecule has 3 aromatic heterocycles. The zero-order chi connectivity index (χ0) is 17.3. The molecule has 24 heavy (non-hydrogen) atoms. The van der Waals surface area contributed by atoms with E-state index >= 15 is 0 Å². The third-order valence-corrected chi connectivity index (χ3v) is 4.91. The van der Waals surface area contributed by atoms with Crippen molar-refractivity contribution in [2.45, 2.75) is 40.2 Å². The summed E-state index contributed by atoms with van der Waals surface area (Å²) in [7, 11) is 0. The SMILES string of the molecule is Cc1cc(CNC(=O)CCc2nc3sc(C)c(C)c3c(=O)[nH]2)on1. The second-order valence-corrected chi connectivity index (χ2v) is 6.89. The van der Waals surface area contributed by atoms with Crippen molar-refractivity contribution in [1.82, 2.24) is 20.4 Å². The van der Waals surface area contributed by atoms with Gasteiger partial charge < -0.3 is 14.8 Å². The van der Waals surface area contributed by atoms with Gasteiger partial charge in [-0.05, 0) is 26.3 Å². The molecule has 0 aliphatic heterocycles. The van der Waals surface area contributed by atoms with Crippen LogP contribution in [0.25, 0.3) is 10.2 Å². The van der Waals surface area contributed by atoms with E-state index in [1.807, 2.05) is 20.8 Å². The molecule has 3 aromatic rings. The number of rotatable bonds is 5. The van der Waals surface area contributed by atoms with Crippen LogP contribution in [0.2, 0.25) is 0 Å². The molecule has 0 saturated carbocycles. The number of thiophene rings is 1. The summed E-state index contributed by atoms with van der Waals surface area (Å²) in [5.41, 5.74) is 1.60. The van der Waals surface area contributed by atoms with Gasteiger partial charge in [0.1, 0.15) is 10.7 Å². The standard InChI is InChI=1S/C16H18N4O3S/c1-8-6-11(23-20-8)7-17-13(21)5-4-12-18-15(22)14-9(2)10(3)24-16(14)19-12/h6H,4-5,7H2,1-3H3,(H,17,21)(H,18,19,22). The number of aromatic nitrogens is 3. The van der Waals surface area contributed by atoms with Crippen LogP contribution in [-0.2, 0) is 17.8 Å². The minimum atomic E-state index is -0.144. The summed E-state index contributed by atoms with van der Waals surface area (Å²) >= 11 is 1.50. The van der Waals surface area contributed by atoms with E-state index in [9.17, 15) is 9.59 Å². The topological polar surface area (TPSA) is 101 Å². The number of amides is 1. The Balaban J connectivity index is 1.63. The monoisotopic (exact) mass is 346 g/mol. The minimum Gasteiger partial charge on any atom is -0.359 e. The summed E-state index contributed by atoms with van der Waals surface area (Å²) in [6, 6.07) is 1.77. The van der Waals surface area contributed by atoms with Crippen molar-refractivity contribution in [3.8, 4) is 0 Å².